The van der Waals surface area contributed by atoms with Crippen LogP contribution < -0.4 is 0 Å². The fraction of sp³-hybridized carbons (Fsp3) is 0.500. The quantitative estimate of drug-likeness (QED) is 0.471. The van der Waals surface area contributed by atoms with E-state index in [0.717, 1.165) is 6.20 Å². The Morgan fingerprint density at radius 2 is 2.17 bits per heavy atom. The molecule has 1 heterocycles. The minimum absolute atomic E-state index is 0.150. The van der Waals surface area contributed by atoms with Gasteiger partial charge in [0.15, 0.2) is 14.9 Å². The Balaban J connectivity index is 3.19. The number of hydrogen-bond acceptors (Lipinski definition) is 5. The van der Waals surface area contributed by atoms with E-state index in [1.165, 1.54) is 19.9 Å². The molecule has 1 rings (SSSR count). The molecule has 0 spiro atoms. The molecule has 0 aliphatic heterocycles. The van der Waals surface area contributed by atoms with Gasteiger partial charge >= 0.3 is 0 Å². The summed E-state index contributed by atoms with van der Waals surface area (Å²) in [5, 5.41) is 9.80. The van der Waals surface area contributed by atoms with Gasteiger partial charge in [0, 0.05) is 11.4 Å². The van der Waals surface area contributed by atoms with Crippen LogP contribution in [0, 0.1) is 17.0 Å². The third-order valence-corrected chi connectivity index (χ3v) is 4.91. The van der Waals surface area contributed by atoms with Crippen LogP contribution in [0.5, 0.6) is 0 Å². The van der Waals surface area contributed by atoms with Crippen molar-refractivity contribution < 1.29 is 13.3 Å². The highest BCUT2D eigenvalue weighted by atomic mass is 35.5. The molecule has 100 valence electrons. The first-order valence-corrected chi connectivity index (χ1v) is 7.29. The first-order valence-electron chi connectivity index (χ1n) is 5.21. The van der Waals surface area contributed by atoms with Gasteiger partial charge in [-0.15, -0.1) is 11.6 Å². The molecule has 0 amide bonds. The van der Waals surface area contributed by atoms with Crippen LogP contribution in [0.3, 0.4) is 0 Å². The largest absolute Gasteiger partial charge is 0.290 e. The standard InChI is InChI=1S/C10H13ClN2O4S/c1-7-5-10(12-6-9(7)13(14)15)18(16,17)8(2)3-4-11/h5-6,8H,3-4H2,1-2H3. The third-order valence-electron chi connectivity index (χ3n) is 2.59. The zero-order valence-electron chi connectivity index (χ0n) is 9.96. The number of nitrogens with zero attached hydrogens (tertiary/aromatic N) is 2. The molecule has 0 bridgehead atoms. The van der Waals surface area contributed by atoms with Gasteiger partial charge in [0.25, 0.3) is 5.69 Å². The number of nitro groups is 1. The van der Waals surface area contributed by atoms with Crippen molar-refractivity contribution in [1.82, 2.24) is 4.98 Å². The molecular formula is C10H13ClN2O4S. The SMILES string of the molecule is Cc1cc(S(=O)(=O)C(C)CCCl)ncc1[N+](=O)[O-]. The van der Waals surface area contributed by atoms with Crippen molar-refractivity contribution >= 4 is 27.1 Å². The van der Waals surface area contributed by atoms with Crippen molar-refractivity contribution in [2.45, 2.75) is 30.5 Å². The summed E-state index contributed by atoms with van der Waals surface area (Å²) in [6.07, 6.45) is 1.28. The van der Waals surface area contributed by atoms with Crippen LogP contribution in [0.25, 0.3) is 0 Å². The molecule has 0 aliphatic carbocycles. The predicted octanol–water partition coefficient (Wildman–Crippen LogP) is 2.09. The van der Waals surface area contributed by atoms with E-state index in [9.17, 15) is 18.5 Å². The number of rotatable bonds is 5. The highest BCUT2D eigenvalue weighted by Gasteiger charge is 2.26. The van der Waals surface area contributed by atoms with Gasteiger partial charge in [-0.3, -0.25) is 10.1 Å². The number of sulfone groups is 1. The van der Waals surface area contributed by atoms with E-state index in [4.69, 9.17) is 11.6 Å². The molecule has 8 heteroatoms. The van der Waals surface area contributed by atoms with Gasteiger partial charge in [0.2, 0.25) is 0 Å². The number of halogens is 1. The second-order valence-electron chi connectivity index (χ2n) is 3.90. The monoisotopic (exact) mass is 292 g/mol. The van der Waals surface area contributed by atoms with E-state index >= 15 is 0 Å². The molecule has 0 radical (unpaired) electrons. The molecule has 18 heavy (non-hydrogen) atoms. The Labute approximate surface area is 110 Å². The van der Waals surface area contributed by atoms with Gasteiger partial charge in [-0.05, 0) is 26.3 Å². The molecule has 0 fully saturated rings. The number of aryl methyl sites for hydroxylation is 1. The van der Waals surface area contributed by atoms with Crippen LogP contribution in [-0.4, -0.2) is 29.5 Å². The van der Waals surface area contributed by atoms with Gasteiger partial charge in [-0.1, -0.05) is 0 Å². The van der Waals surface area contributed by atoms with Crippen molar-refractivity contribution in [2.75, 3.05) is 5.88 Å². The molecule has 0 N–H and O–H groups in total. The summed E-state index contributed by atoms with van der Waals surface area (Å²) in [4.78, 5) is 13.7. The highest BCUT2D eigenvalue weighted by Crippen LogP contribution is 2.22. The van der Waals surface area contributed by atoms with E-state index < -0.39 is 20.0 Å². The van der Waals surface area contributed by atoms with Gasteiger partial charge in [0.05, 0.1) is 10.2 Å². The third kappa shape index (κ3) is 2.97. The highest BCUT2D eigenvalue weighted by molar-refractivity contribution is 7.92. The molecule has 1 aromatic rings. The molecule has 1 aromatic heterocycles. The van der Waals surface area contributed by atoms with Gasteiger partial charge in [-0.25, -0.2) is 13.4 Å². The topological polar surface area (TPSA) is 90.2 Å². The van der Waals surface area contributed by atoms with Gasteiger partial charge < -0.3 is 0 Å². The number of pyridine rings is 1. The molecule has 0 aromatic carbocycles. The normalized spacial score (nSPS) is 13.3. The van der Waals surface area contributed by atoms with E-state index in [1.54, 1.807) is 0 Å². The molecule has 0 saturated carbocycles. The van der Waals surface area contributed by atoms with Crippen LogP contribution in [0.4, 0.5) is 5.69 Å². The minimum Gasteiger partial charge on any atom is -0.258 e. The Kier molecular flexibility index (Phi) is 4.64. The maximum Gasteiger partial charge on any atom is 0.290 e. The van der Waals surface area contributed by atoms with Gasteiger partial charge in [-0.2, -0.15) is 0 Å². The van der Waals surface area contributed by atoms with E-state index in [0.29, 0.717) is 6.42 Å². The second kappa shape index (κ2) is 5.62. The van der Waals surface area contributed by atoms with Crippen LogP contribution >= 0.6 is 11.6 Å². The summed E-state index contributed by atoms with van der Waals surface area (Å²) >= 11 is 5.51. The van der Waals surface area contributed by atoms with Crippen molar-refractivity contribution in [1.29, 1.82) is 0 Å². The first kappa shape index (κ1) is 14.8. The van der Waals surface area contributed by atoms with E-state index in [-0.39, 0.29) is 22.2 Å². The summed E-state index contributed by atoms with van der Waals surface area (Å²) in [6, 6.07) is 1.22. The minimum atomic E-state index is -3.58. The lowest BCUT2D eigenvalue weighted by atomic mass is 10.3. The van der Waals surface area contributed by atoms with Crippen LogP contribution in [0.15, 0.2) is 17.3 Å². The predicted molar refractivity (Wildman–Crippen MR) is 67.6 cm³/mol. The maximum atomic E-state index is 12.1. The van der Waals surface area contributed by atoms with E-state index in [1.807, 2.05) is 0 Å². The van der Waals surface area contributed by atoms with Crippen molar-refractivity contribution in [3.05, 3.63) is 27.9 Å². The summed E-state index contributed by atoms with van der Waals surface area (Å²) in [5.74, 6) is 0.229. The Hall–Kier alpha value is -1.21. The molecule has 0 aliphatic rings. The maximum absolute atomic E-state index is 12.1. The van der Waals surface area contributed by atoms with E-state index in [2.05, 4.69) is 4.98 Å². The lowest BCUT2D eigenvalue weighted by Crippen LogP contribution is -2.19. The Bertz CT molecular complexity index is 559. The summed E-state index contributed by atoms with van der Waals surface area (Å²) < 4.78 is 24.1. The smallest absolute Gasteiger partial charge is 0.258 e. The van der Waals surface area contributed by atoms with Crippen molar-refractivity contribution in [3.8, 4) is 0 Å². The summed E-state index contributed by atoms with van der Waals surface area (Å²) in [6.45, 7) is 3.02. The van der Waals surface area contributed by atoms with Crippen LogP contribution in [0.2, 0.25) is 0 Å². The van der Waals surface area contributed by atoms with Gasteiger partial charge in [0.1, 0.15) is 6.20 Å². The second-order valence-corrected chi connectivity index (χ2v) is 6.59. The number of alkyl halides is 1. The lowest BCUT2D eigenvalue weighted by molar-refractivity contribution is -0.385. The molecule has 1 atom stereocenters. The summed E-state index contributed by atoms with van der Waals surface area (Å²) in [5.41, 5.74) is 0.0746. The average molecular weight is 293 g/mol. The molecule has 0 saturated heterocycles. The zero-order valence-corrected chi connectivity index (χ0v) is 11.5. The van der Waals surface area contributed by atoms with Crippen LogP contribution in [-0.2, 0) is 9.84 Å². The number of aromatic nitrogens is 1. The fourth-order valence-electron chi connectivity index (χ4n) is 1.38. The lowest BCUT2D eigenvalue weighted by Gasteiger charge is -2.10. The molecule has 1 unspecified atom stereocenters. The fourth-order valence-corrected chi connectivity index (χ4v) is 3.22. The van der Waals surface area contributed by atoms with Crippen LogP contribution in [0.1, 0.15) is 18.9 Å². The summed E-state index contributed by atoms with van der Waals surface area (Å²) in [7, 11) is -3.58. The van der Waals surface area contributed by atoms with Crippen molar-refractivity contribution in [2.24, 2.45) is 0 Å². The Morgan fingerprint density at radius 1 is 1.56 bits per heavy atom. The number of hydrogen-bond donors (Lipinski definition) is 0. The Morgan fingerprint density at radius 3 is 2.61 bits per heavy atom. The molecule has 6 nitrogen and oxygen atoms in total. The molecular weight excluding hydrogens is 280 g/mol. The average Bonchev–Trinajstić information content (AvgIpc) is 2.28. The zero-order chi connectivity index (χ0) is 13.9. The van der Waals surface area contributed by atoms with Crippen molar-refractivity contribution in [3.63, 3.8) is 0 Å². The first-order chi connectivity index (χ1) is 8.30.